The van der Waals surface area contributed by atoms with E-state index in [9.17, 15) is 13.2 Å². The summed E-state index contributed by atoms with van der Waals surface area (Å²) in [5.74, 6) is -0.436. The lowest BCUT2D eigenvalue weighted by Gasteiger charge is -2.04. The second-order valence-corrected chi connectivity index (χ2v) is 5.08. The summed E-state index contributed by atoms with van der Waals surface area (Å²) in [4.78, 5) is 10.9. The summed E-state index contributed by atoms with van der Waals surface area (Å²) < 4.78 is 29.6. The van der Waals surface area contributed by atoms with Gasteiger partial charge in [0.15, 0.2) is 0 Å². The predicted octanol–water partition coefficient (Wildman–Crippen LogP) is 0.654. The third-order valence-electron chi connectivity index (χ3n) is 1.56. The van der Waals surface area contributed by atoms with Crippen LogP contribution in [0.1, 0.15) is 13.3 Å². The van der Waals surface area contributed by atoms with Gasteiger partial charge in [-0.1, -0.05) is 12.2 Å². The van der Waals surface area contributed by atoms with E-state index in [0.29, 0.717) is 5.88 Å². The number of nitrogens with one attached hydrogen (secondary N) is 1. The van der Waals surface area contributed by atoms with Gasteiger partial charge in [0.05, 0.1) is 18.8 Å². The SMILES string of the molecule is CCOC(=O)CCS(=O)(=O)NC/C=C/CCl. The van der Waals surface area contributed by atoms with Crippen LogP contribution in [-0.4, -0.2) is 39.2 Å². The number of rotatable bonds is 8. The number of hydrogen-bond donors (Lipinski definition) is 1. The molecule has 0 radical (unpaired) electrons. The first-order chi connectivity index (χ1) is 7.52. The molecule has 7 heteroatoms. The smallest absolute Gasteiger partial charge is 0.306 e. The normalized spacial score (nSPS) is 11.9. The van der Waals surface area contributed by atoms with Gasteiger partial charge < -0.3 is 4.74 Å². The molecule has 94 valence electrons. The first-order valence-corrected chi connectivity index (χ1v) is 7.04. The highest BCUT2D eigenvalue weighted by atomic mass is 35.5. The molecule has 1 N–H and O–H groups in total. The Kier molecular flexibility index (Phi) is 8.23. The number of esters is 1. The summed E-state index contributed by atoms with van der Waals surface area (Å²) in [5.41, 5.74) is 0. The quantitative estimate of drug-likeness (QED) is 0.399. The topological polar surface area (TPSA) is 72.5 Å². The molecule has 0 saturated carbocycles. The number of carbonyl (C=O) groups is 1. The molecule has 0 spiro atoms. The van der Waals surface area contributed by atoms with Crippen LogP contribution >= 0.6 is 11.6 Å². The van der Waals surface area contributed by atoms with Crippen molar-refractivity contribution in [3.05, 3.63) is 12.2 Å². The summed E-state index contributed by atoms with van der Waals surface area (Å²) in [5, 5.41) is 0. The molecule has 16 heavy (non-hydrogen) atoms. The standard InChI is InChI=1S/C9H16ClNO4S/c1-2-15-9(12)5-8-16(13,14)11-7-4-3-6-10/h3-4,11H,2,5-8H2,1H3/b4-3+. The minimum Gasteiger partial charge on any atom is -0.466 e. The van der Waals surface area contributed by atoms with Gasteiger partial charge in [-0.3, -0.25) is 4.79 Å². The van der Waals surface area contributed by atoms with Crippen molar-refractivity contribution in [1.29, 1.82) is 0 Å². The summed E-state index contributed by atoms with van der Waals surface area (Å²) in [6.07, 6.45) is 3.10. The number of allylic oxidation sites excluding steroid dienone is 1. The van der Waals surface area contributed by atoms with Crippen molar-refractivity contribution in [2.75, 3.05) is 24.8 Å². The Balaban J connectivity index is 3.87. The van der Waals surface area contributed by atoms with Crippen LogP contribution in [-0.2, 0) is 19.6 Å². The molecule has 0 aliphatic heterocycles. The van der Waals surface area contributed by atoms with Gasteiger partial charge in [0, 0.05) is 12.4 Å². The third kappa shape index (κ3) is 8.70. The average Bonchev–Trinajstić information content (AvgIpc) is 2.22. The monoisotopic (exact) mass is 269 g/mol. The maximum atomic E-state index is 11.3. The molecule has 0 rings (SSSR count). The first kappa shape index (κ1) is 15.4. The van der Waals surface area contributed by atoms with E-state index in [0.717, 1.165) is 0 Å². The van der Waals surface area contributed by atoms with Gasteiger partial charge in [0.25, 0.3) is 0 Å². The van der Waals surface area contributed by atoms with Gasteiger partial charge in [-0.25, -0.2) is 13.1 Å². The van der Waals surface area contributed by atoms with Crippen molar-refractivity contribution in [1.82, 2.24) is 4.72 Å². The van der Waals surface area contributed by atoms with Gasteiger partial charge in [-0.05, 0) is 6.92 Å². The van der Waals surface area contributed by atoms with Crippen molar-refractivity contribution >= 4 is 27.6 Å². The van der Waals surface area contributed by atoms with E-state index in [2.05, 4.69) is 9.46 Å². The van der Waals surface area contributed by atoms with E-state index < -0.39 is 16.0 Å². The molecule has 0 unspecified atom stereocenters. The Morgan fingerprint density at radius 3 is 2.69 bits per heavy atom. The Bertz CT molecular complexity index is 326. The van der Waals surface area contributed by atoms with Gasteiger partial charge >= 0.3 is 5.97 Å². The molecule has 0 aromatic carbocycles. The second-order valence-electron chi connectivity index (χ2n) is 2.85. The molecule has 0 atom stereocenters. The minimum absolute atomic E-state index is 0.137. The molecule has 0 aromatic rings. The van der Waals surface area contributed by atoms with Crippen molar-refractivity contribution in [3.8, 4) is 0 Å². The van der Waals surface area contributed by atoms with Crippen LogP contribution in [0.2, 0.25) is 0 Å². The van der Waals surface area contributed by atoms with Crippen LogP contribution in [0.5, 0.6) is 0 Å². The number of ether oxygens (including phenoxy) is 1. The van der Waals surface area contributed by atoms with Crippen molar-refractivity contribution in [2.24, 2.45) is 0 Å². The van der Waals surface area contributed by atoms with Gasteiger partial charge in [0.1, 0.15) is 0 Å². The number of halogens is 1. The average molecular weight is 270 g/mol. The summed E-state index contributed by atoms with van der Waals surface area (Å²) in [6.45, 7) is 2.10. The minimum atomic E-state index is -3.42. The number of sulfonamides is 1. The Morgan fingerprint density at radius 2 is 2.12 bits per heavy atom. The van der Waals surface area contributed by atoms with Gasteiger partial charge in [-0.2, -0.15) is 0 Å². The fraction of sp³-hybridized carbons (Fsp3) is 0.667. The molecular formula is C9H16ClNO4S. The van der Waals surface area contributed by atoms with E-state index in [1.54, 1.807) is 19.1 Å². The summed E-state index contributed by atoms with van der Waals surface area (Å²) in [6, 6.07) is 0. The van der Waals surface area contributed by atoms with Crippen molar-refractivity contribution < 1.29 is 17.9 Å². The maximum Gasteiger partial charge on any atom is 0.306 e. The zero-order valence-corrected chi connectivity index (χ0v) is 10.7. The molecule has 0 bridgehead atoms. The van der Waals surface area contributed by atoms with Crippen LogP contribution in [0, 0.1) is 0 Å². The van der Waals surface area contributed by atoms with Crippen LogP contribution in [0.15, 0.2) is 12.2 Å². The Morgan fingerprint density at radius 1 is 1.44 bits per heavy atom. The van der Waals surface area contributed by atoms with Crippen molar-refractivity contribution in [3.63, 3.8) is 0 Å². The first-order valence-electron chi connectivity index (χ1n) is 4.85. The molecule has 5 nitrogen and oxygen atoms in total. The van der Waals surface area contributed by atoms with Gasteiger partial charge in [0.2, 0.25) is 10.0 Å². The molecule has 0 aromatic heterocycles. The lowest BCUT2D eigenvalue weighted by Crippen LogP contribution is -2.28. The van der Waals surface area contributed by atoms with Crippen LogP contribution < -0.4 is 4.72 Å². The largest absolute Gasteiger partial charge is 0.466 e. The highest BCUT2D eigenvalue weighted by Gasteiger charge is 2.12. The Hall–Kier alpha value is -0.590. The maximum absolute atomic E-state index is 11.3. The van der Waals surface area contributed by atoms with E-state index in [1.165, 1.54) is 0 Å². The molecule has 0 aliphatic carbocycles. The van der Waals surface area contributed by atoms with E-state index >= 15 is 0 Å². The fourth-order valence-electron chi connectivity index (χ4n) is 0.844. The van der Waals surface area contributed by atoms with Crippen molar-refractivity contribution in [2.45, 2.75) is 13.3 Å². The van der Waals surface area contributed by atoms with Crippen LogP contribution in [0.4, 0.5) is 0 Å². The lowest BCUT2D eigenvalue weighted by molar-refractivity contribution is -0.142. The predicted molar refractivity (Wildman–Crippen MR) is 62.9 cm³/mol. The van der Waals surface area contributed by atoms with E-state index in [-0.39, 0.29) is 25.3 Å². The zero-order chi connectivity index (χ0) is 12.4. The molecule has 0 saturated heterocycles. The van der Waals surface area contributed by atoms with Crippen LogP contribution in [0.25, 0.3) is 0 Å². The Labute approximate surface area is 101 Å². The zero-order valence-electron chi connectivity index (χ0n) is 9.11. The molecule has 0 heterocycles. The van der Waals surface area contributed by atoms with Gasteiger partial charge in [-0.15, -0.1) is 11.6 Å². The van der Waals surface area contributed by atoms with E-state index in [4.69, 9.17) is 11.6 Å². The molecule has 0 fully saturated rings. The van der Waals surface area contributed by atoms with E-state index in [1.807, 2.05) is 0 Å². The highest BCUT2D eigenvalue weighted by Crippen LogP contribution is 1.93. The summed E-state index contributed by atoms with van der Waals surface area (Å²) in [7, 11) is -3.42. The molecular weight excluding hydrogens is 254 g/mol. The molecule has 0 amide bonds. The van der Waals surface area contributed by atoms with Crippen LogP contribution in [0.3, 0.4) is 0 Å². The molecule has 0 aliphatic rings. The third-order valence-corrected chi connectivity index (χ3v) is 3.08. The summed E-state index contributed by atoms with van der Waals surface area (Å²) >= 11 is 5.36. The highest BCUT2D eigenvalue weighted by molar-refractivity contribution is 7.89. The number of alkyl halides is 1. The number of carbonyl (C=O) groups excluding carboxylic acids is 1. The lowest BCUT2D eigenvalue weighted by atomic mass is 10.5. The fourth-order valence-corrected chi connectivity index (χ4v) is 1.90. The second kappa shape index (κ2) is 8.55. The number of hydrogen-bond acceptors (Lipinski definition) is 4.